The number of amides is 1. The minimum atomic E-state index is 0.0682. The molecular weight excluding hydrogens is 362 g/mol. The van der Waals surface area contributed by atoms with Gasteiger partial charge in [0.15, 0.2) is 11.5 Å². The van der Waals surface area contributed by atoms with Crippen LogP contribution in [0.25, 0.3) is 11.5 Å². The summed E-state index contributed by atoms with van der Waals surface area (Å²) in [4.78, 5) is 14.1. The quantitative estimate of drug-likeness (QED) is 0.722. The molecule has 0 N–H and O–H groups in total. The fourth-order valence-electron chi connectivity index (χ4n) is 3.40. The van der Waals surface area contributed by atoms with Gasteiger partial charge in [0.05, 0.1) is 6.10 Å². The minimum Gasteiger partial charge on any atom is -0.454 e. The Hall–Kier alpha value is -2.61. The van der Waals surface area contributed by atoms with Crippen LogP contribution in [0.1, 0.15) is 38.0 Å². The lowest BCUT2D eigenvalue weighted by Gasteiger charge is -2.25. The normalized spacial score (nSPS) is 18.2. The summed E-state index contributed by atoms with van der Waals surface area (Å²) in [5.74, 6) is 2.29. The maximum Gasteiger partial charge on any atom is 0.247 e. The average Bonchev–Trinajstić information content (AvgIpc) is 3.39. The number of rotatable bonds is 7. The van der Waals surface area contributed by atoms with Crippen LogP contribution in [0.5, 0.6) is 11.5 Å². The van der Waals surface area contributed by atoms with Gasteiger partial charge in [-0.05, 0) is 43.9 Å². The molecule has 0 bridgehead atoms. The van der Waals surface area contributed by atoms with Gasteiger partial charge in [-0.15, -0.1) is 10.2 Å². The van der Waals surface area contributed by atoms with Crippen LogP contribution >= 0.6 is 0 Å². The maximum atomic E-state index is 12.4. The van der Waals surface area contributed by atoms with Gasteiger partial charge in [0, 0.05) is 38.6 Å². The highest BCUT2D eigenvalue weighted by molar-refractivity contribution is 5.76. The Balaban J connectivity index is 1.26. The van der Waals surface area contributed by atoms with E-state index in [0.29, 0.717) is 42.7 Å². The van der Waals surface area contributed by atoms with E-state index in [4.69, 9.17) is 18.6 Å². The Bertz CT molecular complexity index is 816. The number of aromatic nitrogens is 2. The van der Waals surface area contributed by atoms with Crippen molar-refractivity contribution in [1.82, 2.24) is 15.1 Å². The van der Waals surface area contributed by atoms with Crippen molar-refractivity contribution in [2.75, 3.05) is 27.0 Å². The van der Waals surface area contributed by atoms with E-state index >= 15 is 0 Å². The van der Waals surface area contributed by atoms with Crippen molar-refractivity contribution in [1.29, 1.82) is 0 Å². The highest BCUT2D eigenvalue weighted by atomic mass is 16.7. The molecule has 0 saturated carbocycles. The fourth-order valence-corrected chi connectivity index (χ4v) is 3.40. The van der Waals surface area contributed by atoms with E-state index in [2.05, 4.69) is 10.2 Å². The minimum absolute atomic E-state index is 0.0682. The molecule has 2 aliphatic heterocycles. The van der Waals surface area contributed by atoms with Crippen molar-refractivity contribution < 1.29 is 23.4 Å². The molecule has 1 amide bonds. The van der Waals surface area contributed by atoms with Gasteiger partial charge in [-0.1, -0.05) is 0 Å². The van der Waals surface area contributed by atoms with Crippen LogP contribution in [0.4, 0.5) is 0 Å². The number of ether oxygens (including phenoxy) is 3. The summed E-state index contributed by atoms with van der Waals surface area (Å²) < 4.78 is 22.1. The molecule has 150 valence electrons. The SMILES string of the molecule is CN(CCC1CCCCO1)C(=O)CCc1nnc(-c2ccc3c(c2)OCO3)o1. The molecule has 8 nitrogen and oxygen atoms in total. The van der Waals surface area contributed by atoms with Gasteiger partial charge in [-0.3, -0.25) is 4.79 Å². The van der Waals surface area contributed by atoms with E-state index in [1.165, 1.54) is 6.42 Å². The van der Waals surface area contributed by atoms with Crippen molar-refractivity contribution in [2.24, 2.45) is 0 Å². The Labute approximate surface area is 163 Å². The Morgan fingerprint density at radius 3 is 2.96 bits per heavy atom. The topological polar surface area (TPSA) is 86.9 Å². The van der Waals surface area contributed by atoms with Gasteiger partial charge in [0.25, 0.3) is 0 Å². The number of carbonyl (C=O) groups excluding carboxylic acids is 1. The second-order valence-electron chi connectivity index (χ2n) is 7.16. The van der Waals surface area contributed by atoms with E-state index in [0.717, 1.165) is 31.4 Å². The molecule has 1 atom stereocenters. The van der Waals surface area contributed by atoms with E-state index in [1.807, 2.05) is 25.2 Å². The predicted molar refractivity (Wildman–Crippen MR) is 100 cm³/mol. The second-order valence-corrected chi connectivity index (χ2v) is 7.16. The van der Waals surface area contributed by atoms with E-state index in [-0.39, 0.29) is 18.8 Å². The first kappa shape index (κ1) is 18.7. The van der Waals surface area contributed by atoms with Crippen molar-refractivity contribution in [3.05, 3.63) is 24.1 Å². The number of hydrogen-bond donors (Lipinski definition) is 0. The third-order valence-corrected chi connectivity index (χ3v) is 5.13. The standard InChI is InChI=1S/C20H25N3O5/c1-23(10-9-15-4-2-3-11-25-15)19(24)8-7-18-21-22-20(28-18)14-5-6-16-17(12-14)27-13-26-16/h5-6,12,15H,2-4,7-11,13H2,1H3. The summed E-state index contributed by atoms with van der Waals surface area (Å²) in [5, 5.41) is 8.14. The molecule has 1 fully saturated rings. The molecule has 0 radical (unpaired) electrons. The van der Waals surface area contributed by atoms with Crippen LogP contribution in [0.3, 0.4) is 0 Å². The van der Waals surface area contributed by atoms with Crippen LogP contribution in [0, 0.1) is 0 Å². The smallest absolute Gasteiger partial charge is 0.247 e. The summed E-state index contributed by atoms with van der Waals surface area (Å²) in [7, 11) is 1.83. The van der Waals surface area contributed by atoms with Crippen LogP contribution in [-0.4, -0.2) is 54.1 Å². The molecule has 3 heterocycles. The van der Waals surface area contributed by atoms with Gasteiger partial charge in [0.2, 0.25) is 24.5 Å². The Morgan fingerprint density at radius 2 is 2.11 bits per heavy atom. The molecule has 0 spiro atoms. The van der Waals surface area contributed by atoms with Crippen molar-refractivity contribution in [3.63, 3.8) is 0 Å². The highest BCUT2D eigenvalue weighted by Gasteiger charge is 2.19. The molecule has 4 rings (SSSR count). The zero-order valence-electron chi connectivity index (χ0n) is 16.1. The Morgan fingerprint density at radius 1 is 1.21 bits per heavy atom. The zero-order valence-corrected chi connectivity index (χ0v) is 16.1. The molecule has 0 aliphatic carbocycles. The number of aryl methyl sites for hydroxylation is 1. The molecule has 8 heteroatoms. The van der Waals surface area contributed by atoms with Crippen molar-refractivity contribution in [3.8, 4) is 23.0 Å². The first-order valence-corrected chi connectivity index (χ1v) is 9.77. The number of nitrogens with zero attached hydrogens (tertiary/aromatic N) is 3. The van der Waals surface area contributed by atoms with E-state index in [1.54, 1.807) is 4.90 Å². The van der Waals surface area contributed by atoms with E-state index < -0.39 is 0 Å². The monoisotopic (exact) mass is 387 g/mol. The number of fused-ring (bicyclic) bond motifs is 1. The predicted octanol–water partition coefficient (Wildman–Crippen LogP) is 2.82. The molecule has 1 saturated heterocycles. The number of benzene rings is 1. The summed E-state index contributed by atoms with van der Waals surface area (Å²) in [6.45, 7) is 1.76. The molecule has 2 aromatic rings. The van der Waals surface area contributed by atoms with Crippen molar-refractivity contribution in [2.45, 2.75) is 44.6 Å². The molecule has 1 aromatic carbocycles. The number of hydrogen-bond acceptors (Lipinski definition) is 7. The summed E-state index contributed by atoms with van der Waals surface area (Å²) in [6, 6.07) is 5.47. The third kappa shape index (κ3) is 4.44. The average molecular weight is 387 g/mol. The molecule has 28 heavy (non-hydrogen) atoms. The Kier molecular flexibility index (Phi) is 5.76. The lowest BCUT2D eigenvalue weighted by molar-refractivity contribution is -0.130. The van der Waals surface area contributed by atoms with Gasteiger partial charge in [0.1, 0.15) is 0 Å². The van der Waals surface area contributed by atoms with Crippen LogP contribution in [-0.2, 0) is 16.0 Å². The molecule has 2 aliphatic rings. The highest BCUT2D eigenvalue weighted by Crippen LogP contribution is 2.35. The molecule has 1 unspecified atom stereocenters. The van der Waals surface area contributed by atoms with Gasteiger partial charge < -0.3 is 23.5 Å². The van der Waals surface area contributed by atoms with Crippen molar-refractivity contribution >= 4 is 5.91 Å². The number of carbonyl (C=O) groups is 1. The van der Waals surface area contributed by atoms with Gasteiger partial charge >= 0.3 is 0 Å². The first-order valence-electron chi connectivity index (χ1n) is 9.77. The van der Waals surface area contributed by atoms with Crippen LogP contribution in [0.15, 0.2) is 22.6 Å². The van der Waals surface area contributed by atoms with Crippen LogP contribution in [0.2, 0.25) is 0 Å². The second kappa shape index (κ2) is 8.60. The third-order valence-electron chi connectivity index (χ3n) is 5.13. The summed E-state index contributed by atoms with van der Waals surface area (Å²) in [5.41, 5.74) is 0.763. The van der Waals surface area contributed by atoms with Crippen LogP contribution < -0.4 is 9.47 Å². The van der Waals surface area contributed by atoms with E-state index in [9.17, 15) is 4.79 Å². The van der Waals surface area contributed by atoms with Gasteiger partial charge in [-0.2, -0.15) is 0 Å². The first-order chi connectivity index (χ1) is 13.7. The summed E-state index contributed by atoms with van der Waals surface area (Å²) in [6.07, 6.45) is 5.37. The lowest BCUT2D eigenvalue weighted by atomic mass is 10.1. The summed E-state index contributed by atoms with van der Waals surface area (Å²) >= 11 is 0. The molecular formula is C20H25N3O5. The maximum absolute atomic E-state index is 12.4. The lowest BCUT2D eigenvalue weighted by Crippen LogP contribution is -2.31. The fraction of sp³-hybridized carbons (Fsp3) is 0.550. The molecule has 1 aromatic heterocycles. The van der Waals surface area contributed by atoms with Gasteiger partial charge in [-0.25, -0.2) is 0 Å². The largest absolute Gasteiger partial charge is 0.454 e. The zero-order chi connectivity index (χ0) is 19.3.